The van der Waals surface area contributed by atoms with E-state index in [1.54, 1.807) is 13.8 Å². The van der Waals surface area contributed by atoms with Crippen molar-refractivity contribution in [2.75, 3.05) is 7.11 Å². The molecule has 0 saturated heterocycles. The molecule has 0 aromatic carbocycles. The lowest BCUT2D eigenvalue weighted by molar-refractivity contribution is -0.138. The van der Waals surface area contributed by atoms with Crippen LogP contribution >= 0.6 is 0 Å². The second-order valence-electron chi connectivity index (χ2n) is 3.17. The van der Waals surface area contributed by atoms with Crippen LogP contribution in [0.2, 0.25) is 0 Å². The Bertz CT molecular complexity index is 340. The van der Waals surface area contributed by atoms with Crippen LogP contribution < -0.4 is 0 Å². The fourth-order valence-electron chi connectivity index (χ4n) is 1.30. The number of rotatable bonds is 2. The highest BCUT2D eigenvalue weighted by molar-refractivity contribution is 6.22. The van der Waals surface area contributed by atoms with Gasteiger partial charge in [0.2, 0.25) is 5.78 Å². The third kappa shape index (κ3) is 1.32. The average molecular weight is 196 g/mol. The first-order valence-corrected chi connectivity index (χ1v) is 4.13. The molecule has 0 spiro atoms. The molecule has 1 aliphatic rings. The van der Waals surface area contributed by atoms with Crippen molar-refractivity contribution >= 4 is 11.8 Å². The Balaban J connectivity index is 3.10. The molecule has 0 N–H and O–H groups in total. The first kappa shape index (κ1) is 10.5. The summed E-state index contributed by atoms with van der Waals surface area (Å²) in [6, 6.07) is 0. The SMILES string of the molecule is C=C[C@@]1(C)OC(C)=C(C(=O)OC)C1=O. The van der Waals surface area contributed by atoms with Gasteiger partial charge in [-0.05, 0) is 19.9 Å². The molecule has 0 radical (unpaired) electrons. The van der Waals surface area contributed by atoms with E-state index in [4.69, 9.17) is 4.74 Å². The maximum Gasteiger partial charge on any atom is 0.345 e. The first-order chi connectivity index (χ1) is 6.46. The number of Topliss-reactive ketones (excluding diaryl/α,β-unsaturated/α-hetero) is 1. The Kier molecular flexibility index (Phi) is 2.47. The number of allylic oxidation sites excluding steroid dienone is 1. The van der Waals surface area contributed by atoms with Crippen LogP contribution in [0.5, 0.6) is 0 Å². The van der Waals surface area contributed by atoms with E-state index in [2.05, 4.69) is 11.3 Å². The zero-order chi connectivity index (χ0) is 10.9. The molecule has 0 aliphatic carbocycles. The fraction of sp³-hybridized carbons (Fsp3) is 0.400. The zero-order valence-electron chi connectivity index (χ0n) is 8.42. The predicted octanol–water partition coefficient (Wildman–Crippen LogP) is 0.977. The molecule has 14 heavy (non-hydrogen) atoms. The summed E-state index contributed by atoms with van der Waals surface area (Å²) in [5.41, 5.74) is -1.16. The Morgan fingerprint density at radius 2 is 2.21 bits per heavy atom. The van der Waals surface area contributed by atoms with Crippen LogP contribution in [0, 0.1) is 0 Å². The molecule has 4 heteroatoms. The van der Waals surface area contributed by atoms with Gasteiger partial charge in [-0.3, -0.25) is 4.79 Å². The standard InChI is InChI=1S/C10H12O4/c1-5-10(3)8(11)7(6(2)14-10)9(12)13-4/h5H,1H2,2-4H3/t10-/m1/s1. The van der Waals surface area contributed by atoms with Crippen molar-refractivity contribution in [3.63, 3.8) is 0 Å². The highest BCUT2D eigenvalue weighted by atomic mass is 16.5. The summed E-state index contributed by atoms with van der Waals surface area (Å²) in [6.07, 6.45) is 1.37. The topological polar surface area (TPSA) is 52.6 Å². The van der Waals surface area contributed by atoms with Gasteiger partial charge in [-0.15, -0.1) is 0 Å². The summed E-state index contributed by atoms with van der Waals surface area (Å²) in [4.78, 5) is 22.9. The molecule has 0 amide bonds. The lowest BCUT2D eigenvalue weighted by Crippen LogP contribution is -2.32. The molecule has 1 atom stereocenters. The molecule has 0 aromatic heterocycles. The van der Waals surface area contributed by atoms with Crippen LogP contribution in [0.1, 0.15) is 13.8 Å². The Morgan fingerprint density at radius 3 is 2.57 bits per heavy atom. The minimum atomic E-state index is -1.13. The lowest BCUT2D eigenvalue weighted by Gasteiger charge is -2.17. The molecule has 0 saturated carbocycles. The molecular formula is C10H12O4. The van der Waals surface area contributed by atoms with Gasteiger partial charge in [-0.2, -0.15) is 0 Å². The molecule has 1 aliphatic heterocycles. The fourth-order valence-corrected chi connectivity index (χ4v) is 1.30. The van der Waals surface area contributed by atoms with Gasteiger partial charge in [0.1, 0.15) is 11.3 Å². The van der Waals surface area contributed by atoms with E-state index in [0.717, 1.165) is 0 Å². The number of carbonyl (C=O) groups excluding carboxylic acids is 2. The van der Waals surface area contributed by atoms with Crippen LogP contribution in [0.3, 0.4) is 0 Å². The van der Waals surface area contributed by atoms with Crippen molar-refractivity contribution in [3.05, 3.63) is 24.0 Å². The predicted molar refractivity (Wildman–Crippen MR) is 49.4 cm³/mol. The van der Waals surface area contributed by atoms with Crippen molar-refractivity contribution in [2.24, 2.45) is 0 Å². The van der Waals surface area contributed by atoms with Gasteiger partial charge in [-0.1, -0.05) is 6.58 Å². The minimum absolute atomic E-state index is 0.0325. The van der Waals surface area contributed by atoms with E-state index in [0.29, 0.717) is 0 Å². The van der Waals surface area contributed by atoms with E-state index < -0.39 is 17.4 Å². The zero-order valence-corrected chi connectivity index (χ0v) is 8.42. The summed E-state index contributed by atoms with van der Waals surface area (Å²) < 4.78 is 9.74. The van der Waals surface area contributed by atoms with Crippen LogP contribution in [-0.4, -0.2) is 24.5 Å². The van der Waals surface area contributed by atoms with Gasteiger partial charge in [0.05, 0.1) is 7.11 Å². The van der Waals surface area contributed by atoms with Gasteiger partial charge >= 0.3 is 5.97 Å². The summed E-state index contributed by atoms with van der Waals surface area (Å²) in [5.74, 6) is -0.792. The van der Waals surface area contributed by atoms with Gasteiger partial charge in [0, 0.05) is 0 Å². The van der Waals surface area contributed by atoms with E-state index >= 15 is 0 Å². The number of ether oxygens (including phenoxy) is 2. The summed E-state index contributed by atoms with van der Waals surface area (Å²) in [7, 11) is 1.22. The Morgan fingerprint density at radius 1 is 1.64 bits per heavy atom. The number of hydrogen-bond donors (Lipinski definition) is 0. The molecule has 0 aromatic rings. The Hall–Kier alpha value is -1.58. The minimum Gasteiger partial charge on any atom is -0.479 e. The molecule has 1 heterocycles. The first-order valence-electron chi connectivity index (χ1n) is 4.13. The number of esters is 1. The van der Waals surface area contributed by atoms with E-state index in [1.165, 1.54) is 13.2 Å². The smallest absolute Gasteiger partial charge is 0.345 e. The summed E-state index contributed by atoms with van der Waals surface area (Å²) >= 11 is 0. The Labute approximate surface area is 82.2 Å². The third-order valence-electron chi connectivity index (χ3n) is 2.17. The van der Waals surface area contributed by atoms with E-state index in [9.17, 15) is 9.59 Å². The molecule has 0 fully saturated rings. The number of methoxy groups -OCH3 is 1. The van der Waals surface area contributed by atoms with Crippen molar-refractivity contribution in [1.29, 1.82) is 0 Å². The van der Waals surface area contributed by atoms with Crippen LogP contribution in [-0.2, 0) is 19.1 Å². The molecule has 0 unspecified atom stereocenters. The molecular weight excluding hydrogens is 184 g/mol. The van der Waals surface area contributed by atoms with E-state index in [-0.39, 0.29) is 11.3 Å². The molecule has 76 valence electrons. The van der Waals surface area contributed by atoms with Crippen LogP contribution in [0.25, 0.3) is 0 Å². The number of ketones is 1. The van der Waals surface area contributed by atoms with Crippen molar-refractivity contribution < 1.29 is 19.1 Å². The van der Waals surface area contributed by atoms with Crippen LogP contribution in [0.4, 0.5) is 0 Å². The monoisotopic (exact) mass is 196 g/mol. The van der Waals surface area contributed by atoms with Gasteiger partial charge in [-0.25, -0.2) is 4.79 Å². The van der Waals surface area contributed by atoms with Crippen LogP contribution in [0.15, 0.2) is 24.0 Å². The number of hydrogen-bond acceptors (Lipinski definition) is 4. The van der Waals surface area contributed by atoms with Gasteiger partial charge in [0.25, 0.3) is 0 Å². The quantitative estimate of drug-likeness (QED) is 0.375. The highest BCUT2D eigenvalue weighted by Gasteiger charge is 2.45. The normalized spacial score (nSPS) is 26.1. The summed E-state index contributed by atoms with van der Waals surface area (Å²) in [5, 5.41) is 0. The van der Waals surface area contributed by atoms with Crippen molar-refractivity contribution in [2.45, 2.75) is 19.4 Å². The van der Waals surface area contributed by atoms with Gasteiger partial charge in [0.15, 0.2) is 5.60 Å². The molecule has 0 bridgehead atoms. The lowest BCUT2D eigenvalue weighted by atomic mass is 9.97. The largest absolute Gasteiger partial charge is 0.479 e. The maximum atomic E-state index is 11.7. The second-order valence-corrected chi connectivity index (χ2v) is 3.17. The van der Waals surface area contributed by atoms with Gasteiger partial charge < -0.3 is 9.47 Å². The van der Waals surface area contributed by atoms with Crippen molar-refractivity contribution in [1.82, 2.24) is 0 Å². The summed E-state index contributed by atoms with van der Waals surface area (Å²) in [6.45, 7) is 6.61. The van der Waals surface area contributed by atoms with Crippen molar-refractivity contribution in [3.8, 4) is 0 Å². The molecule has 4 nitrogen and oxygen atoms in total. The maximum absolute atomic E-state index is 11.7. The number of carbonyl (C=O) groups is 2. The van der Waals surface area contributed by atoms with E-state index in [1.807, 2.05) is 0 Å². The highest BCUT2D eigenvalue weighted by Crippen LogP contribution is 2.31. The average Bonchev–Trinajstić information content (AvgIpc) is 2.38. The molecule has 1 rings (SSSR count). The third-order valence-corrected chi connectivity index (χ3v) is 2.17. The second kappa shape index (κ2) is 3.29.